The van der Waals surface area contributed by atoms with Crippen LogP contribution in [0.1, 0.15) is 74.0 Å². The Kier molecular flexibility index (Phi) is 8.17. The SMILES string of the molecule is C=CCOC(=O)c1sc(N2C(=O)c3oc4cc(C)c(C)cc4c(=O)c3C2c2ccc(OCCCC)c(OC)c2)nc1C. The topological polar surface area (TPSA) is 108 Å². The van der Waals surface area contributed by atoms with Gasteiger partial charge in [-0.2, -0.15) is 0 Å². The summed E-state index contributed by atoms with van der Waals surface area (Å²) in [6.45, 7) is 11.7. The lowest BCUT2D eigenvalue weighted by Gasteiger charge is -2.23. The van der Waals surface area contributed by atoms with Gasteiger partial charge in [-0.3, -0.25) is 14.5 Å². The number of esters is 1. The minimum Gasteiger partial charge on any atom is -0.493 e. The molecule has 0 fully saturated rings. The molecule has 3 heterocycles. The molecule has 0 spiro atoms. The molecule has 0 N–H and O–H groups in total. The van der Waals surface area contributed by atoms with Crippen LogP contribution in [-0.2, 0) is 4.74 Å². The third-order valence-corrected chi connectivity index (χ3v) is 8.39. The monoisotopic (exact) mass is 588 g/mol. The maximum absolute atomic E-state index is 14.1. The predicted molar refractivity (Wildman–Crippen MR) is 161 cm³/mol. The molecule has 4 aromatic rings. The Balaban J connectivity index is 1.70. The molecule has 1 aliphatic rings. The zero-order valence-corrected chi connectivity index (χ0v) is 25.1. The van der Waals surface area contributed by atoms with Crippen LogP contribution in [0.3, 0.4) is 0 Å². The van der Waals surface area contributed by atoms with Crippen molar-refractivity contribution in [1.29, 1.82) is 0 Å². The summed E-state index contributed by atoms with van der Waals surface area (Å²) in [5.74, 6) is -0.149. The van der Waals surface area contributed by atoms with E-state index in [2.05, 4.69) is 18.5 Å². The Labute approximate surface area is 247 Å². The summed E-state index contributed by atoms with van der Waals surface area (Å²) in [5.41, 5.74) is 3.09. The Morgan fingerprint density at radius 2 is 1.90 bits per heavy atom. The minimum absolute atomic E-state index is 0.0402. The van der Waals surface area contributed by atoms with Crippen LogP contribution in [0, 0.1) is 20.8 Å². The van der Waals surface area contributed by atoms with E-state index < -0.39 is 17.9 Å². The van der Waals surface area contributed by atoms with Crippen molar-refractivity contribution >= 4 is 39.3 Å². The number of aryl methyl sites for hydroxylation is 3. The molecule has 2 aromatic carbocycles. The number of anilines is 1. The fourth-order valence-electron chi connectivity index (χ4n) is 4.92. The Bertz CT molecular complexity index is 1770. The van der Waals surface area contributed by atoms with Crippen molar-refractivity contribution in [1.82, 2.24) is 4.98 Å². The van der Waals surface area contributed by atoms with Gasteiger partial charge in [0.25, 0.3) is 5.91 Å². The normalized spacial score (nSPS) is 14.3. The first-order valence-electron chi connectivity index (χ1n) is 13.7. The highest BCUT2D eigenvalue weighted by atomic mass is 32.1. The Morgan fingerprint density at radius 3 is 2.62 bits per heavy atom. The van der Waals surface area contributed by atoms with Gasteiger partial charge in [-0.25, -0.2) is 9.78 Å². The molecule has 218 valence electrons. The van der Waals surface area contributed by atoms with Gasteiger partial charge in [-0.15, -0.1) is 0 Å². The lowest BCUT2D eigenvalue weighted by molar-refractivity contribution is 0.0554. The number of rotatable bonds is 10. The number of benzene rings is 2. The highest BCUT2D eigenvalue weighted by Gasteiger charge is 2.45. The van der Waals surface area contributed by atoms with Crippen LogP contribution in [0.4, 0.5) is 5.13 Å². The van der Waals surface area contributed by atoms with Crippen LogP contribution in [0.25, 0.3) is 11.0 Å². The second-order valence-electron chi connectivity index (χ2n) is 10.1. The van der Waals surface area contributed by atoms with Crippen LogP contribution in [0.5, 0.6) is 11.5 Å². The molecule has 0 saturated carbocycles. The molecular formula is C32H32N2O7S. The number of amides is 1. The number of carbonyl (C=O) groups excluding carboxylic acids is 2. The van der Waals surface area contributed by atoms with Gasteiger partial charge in [0, 0.05) is 0 Å². The van der Waals surface area contributed by atoms with Gasteiger partial charge in [0.15, 0.2) is 22.1 Å². The third kappa shape index (κ3) is 5.07. The second-order valence-corrected chi connectivity index (χ2v) is 11.1. The third-order valence-electron chi connectivity index (χ3n) is 7.25. The number of hydrogen-bond donors (Lipinski definition) is 0. The van der Waals surface area contributed by atoms with Crippen molar-refractivity contribution in [2.45, 2.75) is 46.6 Å². The highest BCUT2D eigenvalue weighted by molar-refractivity contribution is 7.17. The lowest BCUT2D eigenvalue weighted by Crippen LogP contribution is -2.29. The van der Waals surface area contributed by atoms with E-state index in [0.29, 0.717) is 40.3 Å². The van der Waals surface area contributed by atoms with Gasteiger partial charge in [-0.05, 0) is 68.1 Å². The van der Waals surface area contributed by atoms with Crippen LogP contribution >= 0.6 is 11.3 Å². The zero-order valence-electron chi connectivity index (χ0n) is 24.2. The molecule has 9 nitrogen and oxygen atoms in total. The Hall–Kier alpha value is -4.44. The standard InChI is InChI=1S/C32H32N2O7S/c1-7-9-13-39-22-11-10-20(16-24(22)38-6)26-25-27(35)21-14-17(3)18(4)15-23(21)41-28(25)30(36)34(26)32-33-19(5)29(42-32)31(37)40-12-8-2/h8,10-11,14-16,26H,2,7,9,12-13H2,1,3-6H3. The summed E-state index contributed by atoms with van der Waals surface area (Å²) in [7, 11) is 1.54. The van der Waals surface area contributed by atoms with Crippen LogP contribution in [0.15, 0.2) is 52.2 Å². The van der Waals surface area contributed by atoms with Crippen molar-refractivity contribution < 1.29 is 28.2 Å². The molecule has 0 aliphatic carbocycles. The molecule has 10 heteroatoms. The lowest BCUT2D eigenvalue weighted by atomic mass is 9.97. The first-order chi connectivity index (χ1) is 20.2. The van der Waals surface area contributed by atoms with E-state index >= 15 is 0 Å². The van der Waals surface area contributed by atoms with E-state index in [1.165, 1.54) is 18.1 Å². The van der Waals surface area contributed by atoms with Crippen LogP contribution < -0.4 is 19.8 Å². The minimum atomic E-state index is -0.893. The molecule has 1 aliphatic heterocycles. The summed E-state index contributed by atoms with van der Waals surface area (Å²) < 4.78 is 22.9. The molecule has 0 saturated heterocycles. The van der Waals surface area contributed by atoms with Gasteiger partial charge in [0.1, 0.15) is 17.1 Å². The highest BCUT2D eigenvalue weighted by Crippen LogP contribution is 2.45. The molecule has 5 rings (SSSR count). The number of unbranched alkanes of at least 4 members (excludes halogenated alkanes) is 1. The van der Waals surface area contributed by atoms with E-state index in [9.17, 15) is 14.4 Å². The van der Waals surface area contributed by atoms with E-state index in [-0.39, 0.29) is 33.4 Å². The maximum Gasteiger partial charge on any atom is 0.350 e. The first-order valence-corrected chi connectivity index (χ1v) is 14.5. The van der Waals surface area contributed by atoms with Gasteiger partial charge >= 0.3 is 5.97 Å². The number of thiazole rings is 1. The average molecular weight is 589 g/mol. The fourth-order valence-corrected chi connectivity index (χ4v) is 5.90. The fraction of sp³-hybridized carbons (Fsp3) is 0.312. The van der Waals surface area contributed by atoms with Gasteiger partial charge in [0.05, 0.1) is 36.4 Å². The summed E-state index contributed by atoms with van der Waals surface area (Å²) in [4.78, 5) is 47.1. The summed E-state index contributed by atoms with van der Waals surface area (Å²) in [6.07, 6.45) is 3.34. The quantitative estimate of drug-likeness (QED) is 0.118. The number of hydrogen-bond acceptors (Lipinski definition) is 9. The van der Waals surface area contributed by atoms with Gasteiger partial charge in [-0.1, -0.05) is 43.4 Å². The summed E-state index contributed by atoms with van der Waals surface area (Å²) in [6, 6.07) is 7.98. The second kappa shape index (κ2) is 11.8. The molecule has 1 unspecified atom stereocenters. The van der Waals surface area contributed by atoms with Crippen LogP contribution in [-0.4, -0.2) is 37.2 Å². The van der Waals surface area contributed by atoms with Crippen molar-refractivity contribution in [3.05, 3.63) is 91.8 Å². The molecule has 1 atom stereocenters. The summed E-state index contributed by atoms with van der Waals surface area (Å²) in [5, 5.41) is 0.615. The van der Waals surface area contributed by atoms with E-state index in [1.807, 2.05) is 13.8 Å². The zero-order chi connectivity index (χ0) is 30.1. The van der Waals surface area contributed by atoms with Crippen molar-refractivity contribution in [3.8, 4) is 11.5 Å². The van der Waals surface area contributed by atoms with Crippen molar-refractivity contribution in [2.75, 3.05) is 25.2 Å². The number of aromatic nitrogens is 1. The number of nitrogens with zero attached hydrogens (tertiary/aromatic N) is 2. The molecule has 2 aromatic heterocycles. The number of carbonyl (C=O) groups is 2. The van der Waals surface area contributed by atoms with Gasteiger partial charge < -0.3 is 18.6 Å². The van der Waals surface area contributed by atoms with Gasteiger partial charge in [0.2, 0.25) is 5.76 Å². The molecule has 42 heavy (non-hydrogen) atoms. The predicted octanol–water partition coefficient (Wildman–Crippen LogP) is 6.45. The largest absolute Gasteiger partial charge is 0.493 e. The van der Waals surface area contributed by atoms with E-state index in [4.69, 9.17) is 18.6 Å². The van der Waals surface area contributed by atoms with Crippen LogP contribution in [0.2, 0.25) is 0 Å². The number of fused-ring (bicyclic) bond motifs is 2. The molecular weight excluding hydrogens is 556 g/mol. The average Bonchev–Trinajstić information content (AvgIpc) is 3.50. The van der Waals surface area contributed by atoms with E-state index in [0.717, 1.165) is 35.3 Å². The molecule has 1 amide bonds. The molecule has 0 radical (unpaired) electrons. The van der Waals surface area contributed by atoms with E-state index in [1.54, 1.807) is 37.3 Å². The molecule has 0 bridgehead atoms. The number of methoxy groups -OCH3 is 1. The smallest absolute Gasteiger partial charge is 0.350 e. The summed E-state index contributed by atoms with van der Waals surface area (Å²) >= 11 is 1.02. The van der Waals surface area contributed by atoms with Crippen molar-refractivity contribution in [3.63, 3.8) is 0 Å². The first kappa shape index (κ1) is 29.1. The Morgan fingerprint density at radius 1 is 1.14 bits per heavy atom. The maximum atomic E-state index is 14.1. The number of ether oxygens (including phenoxy) is 3. The van der Waals surface area contributed by atoms with Crippen molar-refractivity contribution in [2.24, 2.45) is 0 Å².